The number of rotatable bonds is 8. The third-order valence-electron chi connectivity index (χ3n) is 2.98. The van der Waals surface area contributed by atoms with E-state index in [0.29, 0.717) is 6.61 Å². The number of carboxylic acid groups (broad SMARTS) is 1. The summed E-state index contributed by atoms with van der Waals surface area (Å²) in [6, 6.07) is 7.67. The van der Waals surface area contributed by atoms with Gasteiger partial charge in [-0.3, -0.25) is 4.79 Å². The first-order valence-electron chi connectivity index (χ1n) is 6.82. The van der Waals surface area contributed by atoms with E-state index in [1.54, 1.807) is 13.8 Å². The van der Waals surface area contributed by atoms with Gasteiger partial charge >= 0.3 is 5.97 Å². The van der Waals surface area contributed by atoms with E-state index in [9.17, 15) is 9.59 Å². The Morgan fingerprint density at radius 2 is 1.90 bits per heavy atom. The van der Waals surface area contributed by atoms with Crippen molar-refractivity contribution in [2.75, 3.05) is 6.61 Å². The summed E-state index contributed by atoms with van der Waals surface area (Å²) >= 11 is 0. The summed E-state index contributed by atoms with van der Waals surface area (Å²) in [5, 5.41) is 11.4. The Morgan fingerprint density at radius 3 is 2.43 bits per heavy atom. The van der Waals surface area contributed by atoms with E-state index in [2.05, 4.69) is 5.32 Å². The molecule has 2 atom stereocenters. The lowest BCUT2D eigenvalue weighted by Gasteiger charge is -2.20. The maximum absolute atomic E-state index is 11.8. The predicted molar refractivity (Wildman–Crippen MR) is 78.5 cm³/mol. The molecule has 0 saturated carbocycles. The third-order valence-corrected chi connectivity index (χ3v) is 2.98. The largest absolute Gasteiger partial charge is 0.480 e. The SMILES string of the molecule is CC(C)[C@H](NC(=O)[C@@H](N)COCc1ccccc1)C(=O)O. The van der Waals surface area contributed by atoms with E-state index in [1.807, 2.05) is 30.3 Å². The highest BCUT2D eigenvalue weighted by molar-refractivity contribution is 5.86. The van der Waals surface area contributed by atoms with Gasteiger partial charge in [-0.15, -0.1) is 0 Å². The van der Waals surface area contributed by atoms with Crippen LogP contribution in [0.2, 0.25) is 0 Å². The molecule has 4 N–H and O–H groups in total. The molecule has 0 spiro atoms. The summed E-state index contributed by atoms with van der Waals surface area (Å²) < 4.78 is 5.37. The molecule has 0 aliphatic rings. The van der Waals surface area contributed by atoms with E-state index in [4.69, 9.17) is 15.6 Å². The fraction of sp³-hybridized carbons (Fsp3) is 0.467. The van der Waals surface area contributed by atoms with Gasteiger partial charge in [-0.2, -0.15) is 0 Å². The number of hydrogen-bond acceptors (Lipinski definition) is 4. The van der Waals surface area contributed by atoms with Crippen molar-refractivity contribution in [3.63, 3.8) is 0 Å². The predicted octanol–water partition coefficient (Wildman–Crippen LogP) is 0.756. The van der Waals surface area contributed by atoms with Crippen molar-refractivity contribution >= 4 is 11.9 Å². The van der Waals surface area contributed by atoms with E-state index in [1.165, 1.54) is 0 Å². The quantitative estimate of drug-likeness (QED) is 0.657. The lowest BCUT2D eigenvalue weighted by atomic mass is 10.0. The second-order valence-corrected chi connectivity index (χ2v) is 5.18. The van der Waals surface area contributed by atoms with Crippen molar-refractivity contribution < 1.29 is 19.4 Å². The molecule has 1 aromatic carbocycles. The minimum Gasteiger partial charge on any atom is -0.480 e. The minimum absolute atomic E-state index is 0.0329. The standard InChI is InChI=1S/C15H22N2O4/c1-10(2)13(15(19)20)17-14(18)12(16)9-21-8-11-6-4-3-5-7-11/h3-7,10,12-13H,8-9,16H2,1-2H3,(H,17,18)(H,19,20)/t12-,13-/m0/s1. The van der Waals surface area contributed by atoms with E-state index < -0.39 is 24.0 Å². The molecule has 0 aliphatic heterocycles. The highest BCUT2D eigenvalue weighted by atomic mass is 16.5. The third kappa shape index (κ3) is 5.93. The Bertz CT molecular complexity index is 462. The van der Waals surface area contributed by atoms with Crippen LogP contribution >= 0.6 is 0 Å². The zero-order valence-electron chi connectivity index (χ0n) is 12.3. The Kier molecular flexibility index (Phi) is 6.84. The van der Waals surface area contributed by atoms with Crippen LogP contribution < -0.4 is 11.1 Å². The smallest absolute Gasteiger partial charge is 0.326 e. The molecule has 116 valence electrons. The molecule has 21 heavy (non-hydrogen) atoms. The van der Waals surface area contributed by atoms with Crippen molar-refractivity contribution in [3.05, 3.63) is 35.9 Å². The topological polar surface area (TPSA) is 102 Å². The fourth-order valence-corrected chi connectivity index (χ4v) is 1.73. The second kappa shape index (κ2) is 8.39. The lowest BCUT2D eigenvalue weighted by Crippen LogP contribution is -2.51. The summed E-state index contributed by atoms with van der Waals surface area (Å²) in [5.74, 6) is -1.82. The van der Waals surface area contributed by atoms with Crippen molar-refractivity contribution in [3.8, 4) is 0 Å². The van der Waals surface area contributed by atoms with Gasteiger partial charge < -0.3 is 20.9 Å². The molecular weight excluding hydrogens is 272 g/mol. The summed E-state index contributed by atoms with van der Waals surface area (Å²) in [4.78, 5) is 22.8. The lowest BCUT2D eigenvalue weighted by molar-refractivity contribution is -0.143. The van der Waals surface area contributed by atoms with Crippen LogP contribution in [0.25, 0.3) is 0 Å². The summed E-state index contributed by atoms with van der Waals surface area (Å²) in [5.41, 5.74) is 6.68. The molecule has 0 fully saturated rings. The maximum atomic E-state index is 11.8. The average molecular weight is 294 g/mol. The van der Waals surface area contributed by atoms with Crippen LogP contribution in [0.15, 0.2) is 30.3 Å². The van der Waals surface area contributed by atoms with Crippen LogP contribution in [0.5, 0.6) is 0 Å². The van der Waals surface area contributed by atoms with Crippen LogP contribution in [0.3, 0.4) is 0 Å². The van der Waals surface area contributed by atoms with Gasteiger partial charge in [0.05, 0.1) is 13.2 Å². The number of carbonyl (C=O) groups excluding carboxylic acids is 1. The molecule has 1 aromatic rings. The van der Waals surface area contributed by atoms with Crippen molar-refractivity contribution in [1.29, 1.82) is 0 Å². The first-order valence-corrected chi connectivity index (χ1v) is 6.82. The van der Waals surface area contributed by atoms with Gasteiger partial charge in [0.15, 0.2) is 0 Å². The number of hydrogen-bond donors (Lipinski definition) is 3. The van der Waals surface area contributed by atoms with Gasteiger partial charge in [0.25, 0.3) is 0 Å². The number of nitrogens with two attached hydrogens (primary N) is 1. The minimum atomic E-state index is -1.07. The molecule has 0 aromatic heterocycles. The number of carbonyl (C=O) groups is 2. The Morgan fingerprint density at radius 1 is 1.29 bits per heavy atom. The van der Waals surface area contributed by atoms with Crippen molar-refractivity contribution in [2.24, 2.45) is 11.7 Å². The molecule has 1 amide bonds. The van der Waals surface area contributed by atoms with Crippen LogP contribution in [-0.4, -0.2) is 35.7 Å². The molecule has 1 rings (SSSR count). The van der Waals surface area contributed by atoms with E-state index in [-0.39, 0.29) is 12.5 Å². The first kappa shape index (κ1) is 17.1. The molecule has 6 nitrogen and oxygen atoms in total. The molecule has 0 saturated heterocycles. The van der Waals surface area contributed by atoms with Crippen LogP contribution in [0.4, 0.5) is 0 Å². The molecule has 0 aliphatic carbocycles. The zero-order chi connectivity index (χ0) is 15.8. The molecular formula is C15H22N2O4. The monoisotopic (exact) mass is 294 g/mol. The normalized spacial score (nSPS) is 13.7. The van der Waals surface area contributed by atoms with Crippen molar-refractivity contribution in [2.45, 2.75) is 32.5 Å². The highest BCUT2D eigenvalue weighted by Gasteiger charge is 2.25. The molecule has 0 radical (unpaired) electrons. The summed E-state index contributed by atoms with van der Waals surface area (Å²) in [6.45, 7) is 3.83. The molecule has 0 bridgehead atoms. The number of benzene rings is 1. The van der Waals surface area contributed by atoms with Crippen LogP contribution in [0, 0.1) is 5.92 Å². The Labute approximate surface area is 124 Å². The van der Waals surface area contributed by atoms with Gasteiger partial charge in [-0.05, 0) is 11.5 Å². The Balaban J connectivity index is 2.39. The maximum Gasteiger partial charge on any atom is 0.326 e. The van der Waals surface area contributed by atoms with Gasteiger partial charge in [0.2, 0.25) is 5.91 Å². The van der Waals surface area contributed by atoms with E-state index in [0.717, 1.165) is 5.56 Å². The van der Waals surface area contributed by atoms with E-state index >= 15 is 0 Å². The molecule has 6 heteroatoms. The molecule has 0 heterocycles. The first-order chi connectivity index (χ1) is 9.91. The zero-order valence-corrected chi connectivity index (χ0v) is 12.3. The average Bonchev–Trinajstić information content (AvgIpc) is 2.44. The van der Waals surface area contributed by atoms with Gasteiger partial charge in [-0.1, -0.05) is 44.2 Å². The fourth-order valence-electron chi connectivity index (χ4n) is 1.73. The highest BCUT2D eigenvalue weighted by Crippen LogP contribution is 2.03. The van der Waals surface area contributed by atoms with Crippen molar-refractivity contribution in [1.82, 2.24) is 5.32 Å². The number of nitrogens with one attached hydrogen (secondary N) is 1. The summed E-state index contributed by atoms with van der Waals surface area (Å²) in [6.07, 6.45) is 0. The number of aliphatic carboxylic acids is 1. The van der Waals surface area contributed by atoms with Crippen LogP contribution in [-0.2, 0) is 20.9 Å². The number of ether oxygens (including phenoxy) is 1. The van der Waals surface area contributed by atoms with Gasteiger partial charge in [-0.25, -0.2) is 4.79 Å². The summed E-state index contributed by atoms with van der Waals surface area (Å²) in [7, 11) is 0. The Hall–Kier alpha value is -1.92. The number of carboxylic acids is 1. The van der Waals surface area contributed by atoms with Crippen LogP contribution in [0.1, 0.15) is 19.4 Å². The van der Waals surface area contributed by atoms with Gasteiger partial charge in [0, 0.05) is 0 Å². The number of amides is 1. The molecule has 0 unspecified atom stereocenters. The second-order valence-electron chi connectivity index (χ2n) is 5.18. The van der Waals surface area contributed by atoms with Gasteiger partial charge in [0.1, 0.15) is 12.1 Å².